The Labute approximate surface area is 97.3 Å². The van der Waals surface area contributed by atoms with Gasteiger partial charge in [0.25, 0.3) is 0 Å². The first-order valence-electron chi connectivity index (χ1n) is 5.01. The van der Waals surface area contributed by atoms with Crippen LogP contribution in [-0.2, 0) is 19.2 Å². The molecule has 3 rings (SSSR count). The molecule has 1 aliphatic heterocycles. The molecule has 4 heteroatoms. The molecule has 0 atom stereocenters. The lowest BCUT2D eigenvalue weighted by Gasteiger charge is -2.11. The Balaban J connectivity index is 2.16. The third kappa shape index (κ3) is 1.52. The van der Waals surface area contributed by atoms with Crippen molar-refractivity contribution in [3.8, 4) is 11.3 Å². The van der Waals surface area contributed by atoms with Crippen molar-refractivity contribution in [2.24, 2.45) is 7.05 Å². The molecule has 2 aromatic heterocycles. The van der Waals surface area contributed by atoms with Gasteiger partial charge in [0.15, 0.2) is 0 Å². The summed E-state index contributed by atoms with van der Waals surface area (Å²) in [6.45, 7) is 0. The standard InChI is InChI=1S/C11H12N2S2/c1-13-10-3-5-15-7-9(10)11(12-13)8-2-4-14-6-8/h2,4,6H,3,5,7H2,1H3. The number of aromatic nitrogens is 2. The maximum Gasteiger partial charge on any atom is 0.0974 e. The summed E-state index contributed by atoms with van der Waals surface area (Å²) in [6.07, 6.45) is 1.16. The molecule has 78 valence electrons. The van der Waals surface area contributed by atoms with Crippen LogP contribution in [-0.4, -0.2) is 15.5 Å². The van der Waals surface area contributed by atoms with Crippen molar-refractivity contribution in [3.63, 3.8) is 0 Å². The molecular formula is C11H12N2S2. The zero-order chi connectivity index (χ0) is 10.3. The summed E-state index contributed by atoms with van der Waals surface area (Å²) in [4.78, 5) is 0. The molecular weight excluding hydrogens is 224 g/mol. The second-order valence-corrected chi connectivity index (χ2v) is 5.60. The third-order valence-electron chi connectivity index (χ3n) is 2.80. The molecule has 0 saturated heterocycles. The van der Waals surface area contributed by atoms with E-state index < -0.39 is 0 Å². The largest absolute Gasteiger partial charge is 0.272 e. The Kier molecular flexibility index (Phi) is 2.33. The summed E-state index contributed by atoms with van der Waals surface area (Å²) < 4.78 is 2.06. The van der Waals surface area contributed by atoms with Crippen LogP contribution in [0.15, 0.2) is 16.8 Å². The van der Waals surface area contributed by atoms with E-state index in [0.717, 1.165) is 12.2 Å². The first-order valence-corrected chi connectivity index (χ1v) is 7.11. The average molecular weight is 236 g/mol. The molecule has 15 heavy (non-hydrogen) atoms. The van der Waals surface area contributed by atoms with Crippen molar-refractivity contribution in [1.82, 2.24) is 9.78 Å². The minimum atomic E-state index is 1.12. The molecule has 0 spiro atoms. The highest BCUT2D eigenvalue weighted by molar-refractivity contribution is 7.98. The summed E-state index contributed by atoms with van der Waals surface area (Å²) in [6, 6.07) is 2.16. The van der Waals surface area contributed by atoms with Crippen LogP contribution in [0.5, 0.6) is 0 Å². The van der Waals surface area contributed by atoms with Gasteiger partial charge in [-0.3, -0.25) is 4.68 Å². The smallest absolute Gasteiger partial charge is 0.0974 e. The van der Waals surface area contributed by atoms with Gasteiger partial charge < -0.3 is 0 Å². The van der Waals surface area contributed by atoms with E-state index >= 15 is 0 Å². The first kappa shape index (κ1) is 9.48. The van der Waals surface area contributed by atoms with Gasteiger partial charge in [-0.05, 0) is 23.6 Å². The highest BCUT2D eigenvalue weighted by atomic mass is 32.2. The number of rotatable bonds is 1. The average Bonchev–Trinajstić information content (AvgIpc) is 2.87. The molecule has 0 radical (unpaired) electrons. The van der Waals surface area contributed by atoms with Gasteiger partial charge in [-0.1, -0.05) is 0 Å². The van der Waals surface area contributed by atoms with Crippen LogP contribution in [0.4, 0.5) is 0 Å². The van der Waals surface area contributed by atoms with Crippen LogP contribution < -0.4 is 0 Å². The number of aryl methyl sites for hydroxylation is 1. The van der Waals surface area contributed by atoms with Gasteiger partial charge >= 0.3 is 0 Å². The fourth-order valence-electron chi connectivity index (χ4n) is 2.04. The molecule has 2 nitrogen and oxygen atoms in total. The lowest BCUT2D eigenvalue weighted by Crippen LogP contribution is -2.05. The Morgan fingerprint density at radius 1 is 1.47 bits per heavy atom. The van der Waals surface area contributed by atoms with Crippen LogP contribution >= 0.6 is 23.1 Å². The lowest BCUT2D eigenvalue weighted by molar-refractivity contribution is 0.718. The zero-order valence-corrected chi connectivity index (χ0v) is 10.2. The van der Waals surface area contributed by atoms with E-state index in [2.05, 4.69) is 33.7 Å². The van der Waals surface area contributed by atoms with Gasteiger partial charge in [0.2, 0.25) is 0 Å². The molecule has 0 aliphatic carbocycles. The number of hydrogen-bond donors (Lipinski definition) is 0. The SMILES string of the molecule is Cn1nc(-c2ccsc2)c2c1CCSC2. The maximum absolute atomic E-state index is 4.64. The van der Waals surface area contributed by atoms with Crippen molar-refractivity contribution in [2.75, 3.05) is 5.75 Å². The van der Waals surface area contributed by atoms with Gasteiger partial charge in [-0.2, -0.15) is 28.2 Å². The lowest BCUT2D eigenvalue weighted by atomic mass is 10.1. The first-order chi connectivity index (χ1) is 7.36. The summed E-state index contributed by atoms with van der Waals surface area (Å²) in [5, 5.41) is 8.94. The third-order valence-corrected chi connectivity index (χ3v) is 4.47. The van der Waals surface area contributed by atoms with Crippen molar-refractivity contribution in [1.29, 1.82) is 0 Å². The number of hydrogen-bond acceptors (Lipinski definition) is 3. The molecule has 1 aliphatic rings. The molecule has 0 unspecified atom stereocenters. The molecule has 0 saturated carbocycles. The predicted octanol–water partition coefficient (Wildman–Crippen LogP) is 2.94. The van der Waals surface area contributed by atoms with Crippen LogP contribution in [0.3, 0.4) is 0 Å². The number of thioether (sulfide) groups is 1. The summed E-state index contributed by atoms with van der Waals surface area (Å²) in [5.41, 5.74) is 5.35. The molecule has 0 aromatic carbocycles. The summed E-state index contributed by atoms with van der Waals surface area (Å²) >= 11 is 3.75. The highest BCUT2D eigenvalue weighted by Gasteiger charge is 2.20. The van der Waals surface area contributed by atoms with Crippen molar-refractivity contribution >= 4 is 23.1 Å². The normalized spacial score (nSPS) is 15.3. The Morgan fingerprint density at radius 3 is 3.20 bits per heavy atom. The minimum Gasteiger partial charge on any atom is -0.272 e. The fourth-order valence-corrected chi connectivity index (χ4v) is 3.67. The van der Waals surface area contributed by atoms with Crippen molar-refractivity contribution < 1.29 is 0 Å². The van der Waals surface area contributed by atoms with Gasteiger partial charge in [0.05, 0.1) is 5.69 Å². The highest BCUT2D eigenvalue weighted by Crippen LogP contribution is 2.33. The predicted molar refractivity (Wildman–Crippen MR) is 66.4 cm³/mol. The molecule has 0 bridgehead atoms. The van der Waals surface area contributed by atoms with Gasteiger partial charge in [-0.25, -0.2) is 0 Å². The zero-order valence-electron chi connectivity index (χ0n) is 8.56. The van der Waals surface area contributed by atoms with Crippen LogP contribution in [0.25, 0.3) is 11.3 Å². The molecule has 0 fully saturated rings. The van der Waals surface area contributed by atoms with Crippen LogP contribution in [0.1, 0.15) is 11.3 Å². The van der Waals surface area contributed by atoms with E-state index in [-0.39, 0.29) is 0 Å². The Bertz CT molecular complexity index is 471. The number of nitrogens with zero attached hydrogens (tertiary/aromatic N) is 2. The van der Waals surface area contributed by atoms with E-state index in [4.69, 9.17) is 0 Å². The van der Waals surface area contributed by atoms with Gasteiger partial charge in [-0.15, -0.1) is 0 Å². The van der Waals surface area contributed by atoms with E-state index in [1.54, 1.807) is 11.3 Å². The van der Waals surface area contributed by atoms with Crippen LogP contribution in [0, 0.1) is 0 Å². The molecule has 0 amide bonds. The maximum atomic E-state index is 4.64. The van der Waals surface area contributed by atoms with Crippen molar-refractivity contribution in [2.45, 2.75) is 12.2 Å². The monoisotopic (exact) mass is 236 g/mol. The topological polar surface area (TPSA) is 17.8 Å². The summed E-state index contributed by atoms with van der Waals surface area (Å²) in [5.74, 6) is 2.35. The van der Waals surface area contributed by atoms with E-state index in [1.165, 1.54) is 28.3 Å². The van der Waals surface area contributed by atoms with E-state index in [9.17, 15) is 0 Å². The van der Waals surface area contributed by atoms with Crippen molar-refractivity contribution in [3.05, 3.63) is 28.1 Å². The second-order valence-electron chi connectivity index (χ2n) is 3.71. The van der Waals surface area contributed by atoms with Gasteiger partial charge in [0.1, 0.15) is 0 Å². The fraction of sp³-hybridized carbons (Fsp3) is 0.364. The number of fused-ring (bicyclic) bond motifs is 1. The summed E-state index contributed by atoms with van der Waals surface area (Å²) in [7, 11) is 2.06. The van der Waals surface area contributed by atoms with Gasteiger partial charge in [0, 0.05) is 35.0 Å². The Morgan fingerprint density at radius 2 is 2.40 bits per heavy atom. The van der Waals surface area contributed by atoms with E-state index in [1.807, 2.05) is 11.8 Å². The van der Waals surface area contributed by atoms with E-state index in [0.29, 0.717) is 0 Å². The van der Waals surface area contributed by atoms with Crippen LogP contribution in [0.2, 0.25) is 0 Å². The Hall–Kier alpha value is -0.740. The second kappa shape index (κ2) is 3.68. The minimum absolute atomic E-state index is 1.12. The quantitative estimate of drug-likeness (QED) is 0.757. The molecule has 3 heterocycles. The molecule has 2 aromatic rings. The number of thiophene rings is 1. The molecule has 0 N–H and O–H groups in total.